The molecule has 11 nitrogen and oxygen atoms in total. The van der Waals surface area contributed by atoms with Crippen molar-refractivity contribution in [1.29, 1.82) is 0 Å². The number of nitrogens with zero attached hydrogens (tertiary/aromatic N) is 2. The molecule has 0 aliphatic carbocycles. The number of hydrogen-bond donors (Lipinski definition) is 0. The number of hydroxylamine groups is 2. The number of ether oxygens (including phenoxy) is 7. The fourth-order valence-corrected chi connectivity index (χ4v) is 6.94. The number of piperidine rings is 1. The lowest BCUT2D eigenvalue weighted by atomic mass is 9.85. The van der Waals surface area contributed by atoms with Gasteiger partial charge in [0.2, 0.25) is 0 Å². The van der Waals surface area contributed by atoms with E-state index in [0.29, 0.717) is 52.7 Å². The van der Waals surface area contributed by atoms with Gasteiger partial charge < -0.3 is 38.0 Å². The van der Waals surface area contributed by atoms with E-state index in [2.05, 4.69) is 47.4 Å². The van der Waals surface area contributed by atoms with E-state index in [1.165, 1.54) is 0 Å². The number of pyridine rings is 1. The Morgan fingerprint density at radius 1 is 0.786 bits per heavy atom. The van der Waals surface area contributed by atoms with E-state index in [-0.39, 0.29) is 18.3 Å². The van der Waals surface area contributed by atoms with Gasteiger partial charge in [-0.3, -0.25) is 4.98 Å². The zero-order valence-corrected chi connectivity index (χ0v) is 33.1. The van der Waals surface area contributed by atoms with Crippen molar-refractivity contribution in [2.24, 2.45) is 0 Å². The maximum absolute atomic E-state index is 12.9. The summed E-state index contributed by atoms with van der Waals surface area (Å²) in [4.78, 5) is 23.2. The Labute approximate surface area is 331 Å². The summed E-state index contributed by atoms with van der Waals surface area (Å²) in [5.41, 5.74) is 3.41. The summed E-state index contributed by atoms with van der Waals surface area (Å²) in [6.45, 7) is 10.1. The van der Waals surface area contributed by atoms with Gasteiger partial charge in [0.05, 0.1) is 57.2 Å². The minimum Gasteiger partial charge on any atom is -0.494 e. The predicted molar refractivity (Wildman–Crippen MR) is 213 cm³/mol. The normalized spacial score (nSPS) is 20.5. The number of unbranched alkanes of at least 4 members (excludes halogenated alkanes) is 1. The summed E-state index contributed by atoms with van der Waals surface area (Å²) in [5, 5.41) is 2.68. The highest BCUT2D eigenvalue weighted by molar-refractivity contribution is 5.78. The molecule has 302 valence electrons. The summed E-state index contributed by atoms with van der Waals surface area (Å²) in [7, 11) is 0. The summed E-state index contributed by atoms with van der Waals surface area (Å²) in [6, 6.07) is 28.5. The smallest absolute Gasteiger partial charge is 0.494 e. The molecular weight excluding hydrogens is 712 g/mol. The summed E-state index contributed by atoms with van der Waals surface area (Å²) < 4.78 is 42.5. The van der Waals surface area contributed by atoms with Gasteiger partial charge in [0, 0.05) is 43.7 Å². The van der Waals surface area contributed by atoms with Crippen molar-refractivity contribution in [3.8, 4) is 5.75 Å². The second-order valence-corrected chi connectivity index (χ2v) is 15.4. The molecule has 4 aromatic rings. The van der Waals surface area contributed by atoms with Crippen LogP contribution in [0.15, 0.2) is 91.1 Å². The number of aromatic nitrogens is 1. The summed E-state index contributed by atoms with van der Waals surface area (Å²) in [5.74, 6) is 0.613. The largest absolute Gasteiger partial charge is 0.528 e. The highest BCUT2D eigenvalue weighted by atomic mass is 16.8. The third kappa shape index (κ3) is 13.5. The fourth-order valence-electron chi connectivity index (χ4n) is 6.94. The van der Waals surface area contributed by atoms with Crippen LogP contribution in [0.4, 0.5) is 4.79 Å². The Hall–Kier alpha value is -4.10. The molecule has 11 heteroatoms. The molecule has 2 aliphatic rings. The van der Waals surface area contributed by atoms with Crippen molar-refractivity contribution in [1.82, 2.24) is 10.0 Å². The van der Waals surface area contributed by atoms with Crippen LogP contribution in [0.2, 0.25) is 0 Å². The number of fused-ring (bicyclic) bond motifs is 1. The van der Waals surface area contributed by atoms with Crippen LogP contribution in [-0.4, -0.2) is 86.4 Å². The quantitative estimate of drug-likeness (QED) is 0.0675. The molecular formula is C45H58N2O9. The topological polar surface area (TPSA) is 107 Å². The van der Waals surface area contributed by atoms with Gasteiger partial charge in [-0.05, 0) is 93.8 Å². The lowest BCUT2D eigenvalue weighted by Crippen LogP contribution is -2.53. The summed E-state index contributed by atoms with van der Waals surface area (Å²) in [6.07, 6.45) is 5.77. The molecule has 4 unspecified atom stereocenters. The van der Waals surface area contributed by atoms with Crippen molar-refractivity contribution < 1.29 is 42.8 Å². The van der Waals surface area contributed by atoms with E-state index >= 15 is 0 Å². The predicted octanol–water partition coefficient (Wildman–Crippen LogP) is 8.78. The van der Waals surface area contributed by atoms with E-state index in [1.807, 2.05) is 63.2 Å². The Bertz CT molecular complexity index is 1740. The van der Waals surface area contributed by atoms with Crippen molar-refractivity contribution >= 4 is 17.1 Å². The third-order valence-corrected chi connectivity index (χ3v) is 9.69. The molecule has 0 N–H and O–H groups in total. The molecule has 4 atom stereocenters. The standard InChI is InChI=1S/C45H58N2O9/c1-45(2,3)55-44(48)56-47-30-40(51-25-9-10-27-53-42-16-7-8-26-52-42)43(41(31-47)54-33-35-17-18-36-15-11-23-46-39(36)29-35)37-19-21-38(22-20-37)50-28-12-24-49-32-34-13-5-4-6-14-34/h4-6,11,13-15,17-23,29,40-43H,7-10,12,16,24-28,30-33H2,1-3H3. The van der Waals surface area contributed by atoms with Crippen LogP contribution in [0.3, 0.4) is 0 Å². The maximum atomic E-state index is 12.9. The van der Waals surface area contributed by atoms with E-state index < -0.39 is 17.9 Å². The van der Waals surface area contributed by atoms with Crippen LogP contribution >= 0.6 is 0 Å². The van der Waals surface area contributed by atoms with Gasteiger partial charge in [-0.25, -0.2) is 4.79 Å². The van der Waals surface area contributed by atoms with Crippen molar-refractivity contribution in [3.05, 3.63) is 108 Å². The minimum absolute atomic E-state index is 0.109. The number of carbonyl (C=O) groups is 1. The Morgan fingerprint density at radius 3 is 2.34 bits per heavy atom. The highest BCUT2D eigenvalue weighted by Gasteiger charge is 2.41. The van der Waals surface area contributed by atoms with Crippen LogP contribution in [-0.2, 0) is 46.5 Å². The minimum atomic E-state index is -0.761. The maximum Gasteiger partial charge on any atom is 0.528 e. The van der Waals surface area contributed by atoms with Crippen molar-refractivity contribution in [2.45, 2.75) is 103 Å². The molecule has 1 aromatic heterocycles. The monoisotopic (exact) mass is 770 g/mol. The van der Waals surface area contributed by atoms with E-state index in [4.69, 9.17) is 38.0 Å². The van der Waals surface area contributed by atoms with Crippen LogP contribution in [0.5, 0.6) is 5.75 Å². The molecule has 2 fully saturated rings. The first-order valence-corrected chi connectivity index (χ1v) is 20.1. The molecule has 0 bridgehead atoms. The van der Waals surface area contributed by atoms with Gasteiger partial charge in [0.25, 0.3) is 0 Å². The van der Waals surface area contributed by atoms with Gasteiger partial charge in [0.1, 0.15) is 11.4 Å². The Morgan fingerprint density at radius 2 is 1.57 bits per heavy atom. The van der Waals surface area contributed by atoms with Gasteiger partial charge in [-0.1, -0.05) is 60.7 Å². The summed E-state index contributed by atoms with van der Waals surface area (Å²) >= 11 is 0. The Balaban J connectivity index is 1.12. The number of rotatable bonds is 19. The van der Waals surface area contributed by atoms with Gasteiger partial charge >= 0.3 is 6.16 Å². The second kappa shape index (κ2) is 21.4. The van der Waals surface area contributed by atoms with E-state index in [0.717, 1.165) is 78.5 Å². The molecule has 0 amide bonds. The molecule has 0 saturated carbocycles. The van der Waals surface area contributed by atoms with Crippen LogP contribution < -0.4 is 4.74 Å². The molecule has 2 aliphatic heterocycles. The first-order valence-electron chi connectivity index (χ1n) is 20.1. The molecule has 0 spiro atoms. The molecule has 2 saturated heterocycles. The highest BCUT2D eigenvalue weighted by Crippen LogP contribution is 2.35. The van der Waals surface area contributed by atoms with Gasteiger partial charge in [-0.2, -0.15) is 0 Å². The van der Waals surface area contributed by atoms with Gasteiger partial charge in [-0.15, -0.1) is 5.06 Å². The zero-order chi connectivity index (χ0) is 39.0. The lowest BCUT2D eigenvalue weighted by Gasteiger charge is -2.42. The van der Waals surface area contributed by atoms with E-state index in [1.54, 1.807) is 11.3 Å². The first-order chi connectivity index (χ1) is 27.3. The zero-order valence-electron chi connectivity index (χ0n) is 33.1. The first kappa shape index (κ1) is 41.5. The van der Waals surface area contributed by atoms with E-state index in [9.17, 15) is 4.79 Å². The average molecular weight is 771 g/mol. The van der Waals surface area contributed by atoms with Gasteiger partial charge in [0.15, 0.2) is 6.29 Å². The third-order valence-electron chi connectivity index (χ3n) is 9.69. The number of carbonyl (C=O) groups excluding carboxylic acids is 1. The number of benzene rings is 3. The van der Waals surface area contributed by atoms with Crippen molar-refractivity contribution in [3.63, 3.8) is 0 Å². The van der Waals surface area contributed by atoms with Crippen molar-refractivity contribution in [2.75, 3.05) is 46.1 Å². The van der Waals surface area contributed by atoms with Crippen LogP contribution in [0.25, 0.3) is 10.9 Å². The Kier molecular flexibility index (Phi) is 15.9. The van der Waals surface area contributed by atoms with Crippen LogP contribution in [0, 0.1) is 0 Å². The molecule has 3 aromatic carbocycles. The second-order valence-electron chi connectivity index (χ2n) is 15.4. The number of hydrogen-bond acceptors (Lipinski definition) is 11. The SMILES string of the molecule is CC(C)(C)OC(=O)ON1CC(OCCCCOC2CCCCO2)C(c2ccc(OCCCOCc3ccccc3)cc2)C(OCc2ccc3cccnc3c2)C1. The van der Waals surface area contributed by atoms with Crippen LogP contribution in [0.1, 0.15) is 81.9 Å². The lowest BCUT2D eigenvalue weighted by molar-refractivity contribution is -0.208. The molecule has 6 rings (SSSR count). The molecule has 3 heterocycles. The molecule has 0 radical (unpaired) electrons. The molecule has 56 heavy (non-hydrogen) atoms. The average Bonchev–Trinajstić information content (AvgIpc) is 3.20. The fraction of sp³-hybridized carbons (Fsp3) is 0.511.